The molecule has 0 radical (unpaired) electrons. The fourth-order valence-corrected chi connectivity index (χ4v) is 22.0. The van der Waals surface area contributed by atoms with Gasteiger partial charge in [0.2, 0.25) is 8.32 Å². The van der Waals surface area contributed by atoms with Gasteiger partial charge in [0.15, 0.2) is 8.32 Å². The highest BCUT2D eigenvalue weighted by Gasteiger charge is 2.63. The zero-order chi connectivity index (χ0) is 35.3. The second-order valence-corrected chi connectivity index (χ2v) is 34.3. The van der Waals surface area contributed by atoms with Crippen LogP contribution in [0.1, 0.15) is 68.2 Å². The molecule has 5 nitrogen and oxygen atoms in total. The lowest BCUT2D eigenvalue weighted by Gasteiger charge is -2.58. The molecule has 0 spiro atoms. The zero-order valence-electron chi connectivity index (χ0n) is 31.7. The molecule has 0 aliphatic heterocycles. The Balaban J connectivity index is 2.83. The van der Waals surface area contributed by atoms with Crippen molar-refractivity contribution in [3.63, 3.8) is 0 Å². The van der Waals surface area contributed by atoms with E-state index in [9.17, 15) is 0 Å². The Morgan fingerprint density at radius 2 is 1.07 bits per heavy atom. The summed E-state index contributed by atoms with van der Waals surface area (Å²) in [6.07, 6.45) is 1.99. The van der Waals surface area contributed by atoms with Crippen LogP contribution in [0, 0.1) is 0 Å². The van der Waals surface area contributed by atoms with E-state index in [0.717, 1.165) is 24.9 Å². The second kappa shape index (κ2) is 15.2. The summed E-state index contributed by atoms with van der Waals surface area (Å²) >= 11 is 0. The summed E-state index contributed by atoms with van der Waals surface area (Å²) in [4.78, 5) is 0. The van der Waals surface area contributed by atoms with Crippen molar-refractivity contribution in [2.75, 3.05) is 13.1 Å². The SMILES string of the molecule is C=C[Si](C)(OC(C)(C)[Si](C)(C)CCCN)C(C)(C)C(C)(C)O[Si](c1ccccc1)(c1ccccc1)C(C)(C)O[Si](C)(C)CCCN. The molecule has 0 amide bonds. The van der Waals surface area contributed by atoms with Crippen LogP contribution >= 0.6 is 0 Å². The topological polar surface area (TPSA) is 79.7 Å². The average molecular weight is 701 g/mol. The minimum absolute atomic E-state index is 0.265. The quantitative estimate of drug-likeness (QED) is 0.146. The Labute approximate surface area is 287 Å². The molecular formula is C37H68N2O3Si4. The number of hydrogen-bond acceptors (Lipinski definition) is 5. The van der Waals surface area contributed by atoms with Crippen molar-refractivity contribution in [3.8, 4) is 0 Å². The van der Waals surface area contributed by atoms with Crippen LogP contribution in [-0.2, 0) is 13.3 Å². The smallest absolute Gasteiger partial charge is 0.286 e. The van der Waals surface area contributed by atoms with Crippen LogP contribution < -0.4 is 21.8 Å². The predicted molar refractivity (Wildman–Crippen MR) is 211 cm³/mol. The van der Waals surface area contributed by atoms with Gasteiger partial charge >= 0.3 is 0 Å². The van der Waals surface area contributed by atoms with Gasteiger partial charge in [-0.1, -0.05) is 99.3 Å². The van der Waals surface area contributed by atoms with E-state index in [1.807, 2.05) is 0 Å². The second-order valence-electron chi connectivity index (χ2n) is 16.6. The van der Waals surface area contributed by atoms with Gasteiger partial charge in [0, 0.05) is 10.3 Å². The van der Waals surface area contributed by atoms with E-state index < -0.39 is 43.9 Å². The maximum absolute atomic E-state index is 8.00. The van der Waals surface area contributed by atoms with E-state index in [1.165, 1.54) is 10.4 Å². The molecule has 0 bridgehead atoms. The molecule has 0 fully saturated rings. The first kappa shape index (κ1) is 41.0. The summed E-state index contributed by atoms with van der Waals surface area (Å²) in [5, 5.41) is 1.17. The largest absolute Gasteiger partial charge is 0.412 e. The van der Waals surface area contributed by atoms with Gasteiger partial charge in [-0.15, -0.1) is 6.58 Å². The molecule has 0 saturated carbocycles. The van der Waals surface area contributed by atoms with E-state index in [0.29, 0.717) is 13.1 Å². The van der Waals surface area contributed by atoms with E-state index in [-0.39, 0.29) is 10.3 Å². The van der Waals surface area contributed by atoms with Crippen molar-refractivity contribution in [3.05, 3.63) is 72.9 Å². The van der Waals surface area contributed by atoms with Crippen LogP contribution in [-0.4, -0.2) is 62.2 Å². The molecule has 46 heavy (non-hydrogen) atoms. The first-order valence-electron chi connectivity index (χ1n) is 17.3. The highest BCUT2D eigenvalue weighted by Crippen LogP contribution is 2.53. The van der Waals surface area contributed by atoms with Gasteiger partial charge in [-0.25, -0.2) is 0 Å². The van der Waals surface area contributed by atoms with Gasteiger partial charge < -0.3 is 24.7 Å². The third-order valence-corrected chi connectivity index (χ3v) is 29.1. The Hall–Kier alpha value is -1.15. The van der Waals surface area contributed by atoms with Crippen molar-refractivity contribution >= 4 is 43.4 Å². The molecule has 1 atom stereocenters. The molecule has 0 aromatic heterocycles. The summed E-state index contributed by atoms with van der Waals surface area (Å²) < 4.78 is 22.9. The summed E-state index contributed by atoms with van der Waals surface area (Å²) in [6, 6.07) is 23.8. The Morgan fingerprint density at radius 1 is 0.630 bits per heavy atom. The molecule has 0 heterocycles. The van der Waals surface area contributed by atoms with Crippen LogP contribution in [0.15, 0.2) is 72.9 Å². The van der Waals surface area contributed by atoms with Gasteiger partial charge in [0.1, 0.15) is 0 Å². The number of hydrogen-bond donors (Lipinski definition) is 2. The lowest BCUT2D eigenvalue weighted by molar-refractivity contribution is 0.0218. The van der Waals surface area contributed by atoms with E-state index in [2.05, 4.69) is 161 Å². The highest BCUT2D eigenvalue weighted by atomic mass is 28.4. The molecule has 2 aromatic carbocycles. The Kier molecular flexibility index (Phi) is 13.5. The van der Waals surface area contributed by atoms with E-state index >= 15 is 0 Å². The molecule has 0 aliphatic rings. The maximum Gasteiger partial charge on any atom is 0.286 e. The normalized spacial score (nSPS) is 15.5. The lowest BCUT2D eigenvalue weighted by Crippen LogP contribution is -2.78. The van der Waals surface area contributed by atoms with Crippen LogP contribution in [0.3, 0.4) is 0 Å². The summed E-state index contributed by atoms with van der Waals surface area (Å²) in [7, 11) is -9.78. The molecule has 0 saturated heterocycles. The summed E-state index contributed by atoms with van der Waals surface area (Å²) in [6.45, 7) is 36.0. The standard InChI is InChI=1S/C37H68N2O3Si4/c1-15-45(14,42-36(6,7)43(10,11)30-22-28-38)35(4,5)34(2,3)40-46(32-24-18-16-19-25-32,33-26-20-17-21-27-33)37(8,9)41-44(12,13)31-23-29-39/h15-21,24-27H,1,22-23,28-31,38-39H2,2-14H3. The molecule has 9 heteroatoms. The van der Waals surface area contributed by atoms with Gasteiger partial charge in [-0.05, 0) is 104 Å². The van der Waals surface area contributed by atoms with Crippen LogP contribution in [0.2, 0.25) is 49.9 Å². The minimum Gasteiger partial charge on any atom is -0.412 e. The van der Waals surface area contributed by atoms with Gasteiger partial charge in [0.05, 0.1) is 18.9 Å². The van der Waals surface area contributed by atoms with Crippen LogP contribution in [0.25, 0.3) is 0 Å². The van der Waals surface area contributed by atoms with Crippen molar-refractivity contribution in [2.45, 2.75) is 134 Å². The minimum atomic E-state index is -3.17. The van der Waals surface area contributed by atoms with Crippen molar-refractivity contribution < 1.29 is 13.3 Å². The number of benzene rings is 2. The maximum atomic E-state index is 8.00. The molecule has 0 aliphatic carbocycles. The molecule has 260 valence electrons. The highest BCUT2D eigenvalue weighted by molar-refractivity contribution is 7.00. The molecule has 4 N–H and O–H groups in total. The van der Waals surface area contributed by atoms with Crippen molar-refractivity contribution in [2.24, 2.45) is 11.5 Å². The van der Waals surface area contributed by atoms with Gasteiger partial charge in [0.25, 0.3) is 8.32 Å². The first-order chi connectivity index (χ1) is 21.0. The first-order valence-corrected chi connectivity index (χ1v) is 28.0. The summed E-state index contributed by atoms with van der Waals surface area (Å²) in [5.41, 5.74) is 13.5. The number of nitrogens with two attached hydrogens (primary N) is 2. The van der Waals surface area contributed by atoms with Gasteiger partial charge in [-0.2, -0.15) is 0 Å². The molecular weight excluding hydrogens is 633 g/mol. The average Bonchev–Trinajstić information content (AvgIpc) is 2.97. The predicted octanol–water partition coefficient (Wildman–Crippen LogP) is 7.90. The molecule has 2 rings (SSSR count). The third kappa shape index (κ3) is 8.52. The fourth-order valence-electron chi connectivity index (χ4n) is 6.84. The van der Waals surface area contributed by atoms with Crippen LogP contribution in [0.5, 0.6) is 0 Å². The molecule has 1 unspecified atom stereocenters. The molecule has 2 aromatic rings. The van der Waals surface area contributed by atoms with E-state index in [1.54, 1.807) is 0 Å². The summed E-state index contributed by atoms with van der Waals surface area (Å²) in [5.74, 6) is 0. The Morgan fingerprint density at radius 3 is 1.48 bits per heavy atom. The van der Waals surface area contributed by atoms with E-state index in [4.69, 9.17) is 24.7 Å². The monoisotopic (exact) mass is 700 g/mol. The van der Waals surface area contributed by atoms with Crippen molar-refractivity contribution in [1.29, 1.82) is 0 Å². The third-order valence-electron chi connectivity index (χ3n) is 11.4. The number of rotatable bonds is 19. The van der Waals surface area contributed by atoms with Crippen LogP contribution in [0.4, 0.5) is 0 Å². The van der Waals surface area contributed by atoms with Crippen molar-refractivity contribution in [1.82, 2.24) is 0 Å². The zero-order valence-corrected chi connectivity index (χ0v) is 35.7. The Bertz CT molecular complexity index is 1210. The lowest BCUT2D eigenvalue weighted by atomic mass is 9.93. The fraction of sp³-hybridized carbons (Fsp3) is 0.622. The van der Waals surface area contributed by atoms with Gasteiger partial charge in [-0.3, -0.25) is 0 Å².